The molecule has 0 bridgehead atoms. The minimum atomic E-state index is -0.557. The normalized spacial score (nSPS) is 12.2. The van der Waals surface area contributed by atoms with Crippen LogP contribution in [-0.4, -0.2) is 49.0 Å². The van der Waals surface area contributed by atoms with Crippen molar-refractivity contribution >= 4 is 17.8 Å². The van der Waals surface area contributed by atoms with E-state index in [-0.39, 0.29) is 18.9 Å². The van der Waals surface area contributed by atoms with Gasteiger partial charge in [-0.15, -0.1) is 0 Å². The summed E-state index contributed by atoms with van der Waals surface area (Å²) in [5.41, 5.74) is 0.755. The minimum Gasteiger partial charge on any atom is -0.466 e. The lowest BCUT2D eigenvalue weighted by molar-refractivity contribution is -0.148. The van der Waals surface area contributed by atoms with E-state index in [9.17, 15) is 14.4 Å². The summed E-state index contributed by atoms with van der Waals surface area (Å²) in [7, 11) is 3.32. The fourth-order valence-corrected chi connectivity index (χ4v) is 2.43. The second-order valence-electron chi connectivity index (χ2n) is 7.34. The van der Waals surface area contributed by atoms with Gasteiger partial charge in [0.25, 0.3) is 0 Å². The first kappa shape index (κ1) is 21.7. The number of ether oxygens (including phenoxy) is 2. The molecule has 0 radical (unpaired) electrons. The Balaban J connectivity index is 2.86. The Hall–Kier alpha value is -2.37. The van der Waals surface area contributed by atoms with Crippen LogP contribution in [0.5, 0.6) is 0 Å². The number of esters is 2. The maximum absolute atomic E-state index is 12.4. The van der Waals surface area contributed by atoms with E-state index < -0.39 is 23.5 Å². The van der Waals surface area contributed by atoms with Crippen LogP contribution in [0.15, 0.2) is 24.3 Å². The zero-order valence-corrected chi connectivity index (χ0v) is 16.5. The number of benzene rings is 1. The molecular weight excluding hydrogens is 334 g/mol. The van der Waals surface area contributed by atoms with E-state index in [4.69, 9.17) is 9.47 Å². The van der Waals surface area contributed by atoms with Crippen molar-refractivity contribution in [2.75, 3.05) is 20.7 Å². The van der Waals surface area contributed by atoms with Crippen molar-refractivity contribution < 1.29 is 23.9 Å². The quantitative estimate of drug-likeness (QED) is 0.697. The Kier molecular flexibility index (Phi) is 7.80. The van der Waals surface area contributed by atoms with Crippen LogP contribution in [0.2, 0.25) is 0 Å². The molecule has 0 fully saturated rings. The number of amides is 1. The summed E-state index contributed by atoms with van der Waals surface area (Å²) < 4.78 is 10.3. The standard InChI is InChI=1S/C20H29NO5/c1-7-25-17(22)13-16(18(23)21(5)6)12-14-8-10-15(11-9-14)19(24)26-20(2,3)4/h8-11,16H,7,12-13H2,1-6H3. The van der Waals surface area contributed by atoms with E-state index in [0.717, 1.165) is 5.56 Å². The third kappa shape index (κ3) is 7.25. The van der Waals surface area contributed by atoms with Crippen molar-refractivity contribution in [2.45, 2.75) is 46.1 Å². The molecule has 0 saturated heterocycles. The second kappa shape index (κ2) is 9.36. The fourth-order valence-electron chi connectivity index (χ4n) is 2.43. The number of carbonyl (C=O) groups is 3. The molecule has 1 aromatic carbocycles. The van der Waals surface area contributed by atoms with Crippen LogP contribution >= 0.6 is 0 Å². The van der Waals surface area contributed by atoms with Gasteiger partial charge in [0.1, 0.15) is 5.60 Å². The Labute approximate surface area is 155 Å². The number of rotatable bonds is 7. The van der Waals surface area contributed by atoms with Crippen molar-refractivity contribution in [1.29, 1.82) is 0 Å². The minimum absolute atomic E-state index is 0.0265. The lowest BCUT2D eigenvalue weighted by Crippen LogP contribution is -2.32. The first-order chi connectivity index (χ1) is 12.0. The van der Waals surface area contributed by atoms with Crippen molar-refractivity contribution in [3.63, 3.8) is 0 Å². The van der Waals surface area contributed by atoms with Crippen LogP contribution in [0.4, 0.5) is 0 Å². The fraction of sp³-hybridized carbons (Fsp3) is 0.550. The molecule has 26 heavy (non-hydrogen) atoms. The Bertz CT molecular complexity index is 629. The molecule has 0 aliphatic heterocycles. The smallest absolute Gasteiger partial charge is 0.338 e. The molecule has 0 aliphatic carbocycles. The monoisotopic (exact) mass is 363 g/mol. The van der Waals surface area contributed by atoms with Gasteiger partial charge >= 0.3 is 11.9 Å². The van der Waals surface area contributed by atoms with Gasteiger partial charge in [0, 0.05) is 14.1 Å². The molecule has 0 heterocycles. The molecular formula is C20H29NO5. The summed E-state index contributed by atoms with van der Waals surface area (Å²) in [4.78, 5) is 37.7. The zero-order valence-electron chi connectivity index (χ0n) is 16.5. The van der Waals surface area contributed by atoms with Gasteiger partial charge in [0.2, 0.25) is 5.91 Å². The highest BCUT2D eigenvalue weighted by atomic mass is 16.6. The molecule has 6 nitrogen and oxygen atoms in total. The van der Waals surface area contributed by atoms with Gasteiger partial charge in [-0.05, 0) is 51.8 Å². The molecule has 0 aliphatic rings. The summed E-state index contributed by atoms with van der Waals surface area (Å²) in [5.74, 6) is -1.42. The zero-order chi connectivity index (χ0) is 19.9. The molecule has 0 saturated carbocycles. The largest absolute Gasteiger partial charge is 0.466 e. The van der Waals surface area contributed by atoms with Gasteiger partial charge in [-0.2, -0.15) is 0 Å². The van der Waals surface area contributed by atoms with Crippen LogP contribution in [0.1, 0.15) is 50.0 Å². The number of hydrogen-bond donors (Lipinski definition) is 0. The molecule has 0 N–H and O–H groups in total. The van der Waals surface area contributed by atoms with Gasteiger partial charge in [0.05, 0.1) is 24.5 Å². The average Bonchev–Trinajstić information content (AvgIpc) is 2.52. The van der Waals surface area contributed by atoms with Gasteiger partial charge in [-0.25, -0.2) is 4.79 Å². The molecule has 1 atom stereocenters. The number of carbonyl (C=O) groups excluding carboxylic acids is 3. The molecule has 1 aromatic rings. The van der Waals surface area contributed by atoms with Crippen LogP contribution in [0.3, 0.4) is 0 Å². The van der Waals surface area contributed by atoms with Crippen molar-refractivity contribution in [1.82, 2.24) is 4.90 Å². The molecule has 1 unspecified atom stereocenters. The van der Waals surface area contributed by atoms with Gasteiger partial charge < -0.3 is 14.4 Å². The highest BCUT2D eigenvalue weighted by Crippen LogP contribution is 2.18. The van der Waals surface area contributed by atoms with Crippen molar-refractivity contribution in [3.8, 4) is 0 Å². The lowest BCUT2D eigenvalue weighted by atomic mass is 9.94. The highest BCUT2D eigenvalue weighted by molar-refractivity contribution is 5.89. The third-order valence-corrected chi connectivity index (χ3v) is 3.58. The van der Waals surface area contributed by atoms with Crippen LogP contribution < -0.4 is 0 Å². The summed E-state index contributed by atoms with van der Waals surface area (Å²) >= 11 is 0. The van der Waals surface area contributed by atoms with Crippen molar-refractivity contribution in [3.05, 3.63) is 35.4 Å². The van der Waals surface area contributed by atoms with E-state index in [1.165, 1.54) is 4.90 Å². The van der Waals surface area contributed by atoms with Gasteiger partial charge in [0.15, 0.2) is 0 Å². The van der Waals surface area contributed by atoms with E-state index in [1.54, 1.807) is 45.3 Å². The SMILES string of the molecule is CCOC(=O)CC(Cc1ccc(C(=O)OC(C)(C)C)cc1)C(=O)N(C)C. The maximum Gasteiger partial charge on any atom is 0.338 e. The van der Waals surface area contributed by atoms with E-state index in [1.807, 2.05) is 20.8 Å². The summed E-state index contributed by atoms with van der Waals surface area (Å²) in [6.45, 7) is 7.45. The molecule has 6 heteroatoms. The van der Waals surface area contributed by atoms with Crippen LogP contribution in [0.25, 0.3) is 0 Å². The summed E-state index contributed by atoms with van der Waals surface area (Å²) in [6, 6.07) is 6.90. The molecule has 1 amide bonds. The summed E-state index contributed by atoms with van der Waals surface area (Å²) in [6.07, 6.45) is 0.420. The van der Waals surface area contributed by atoms with Crippen molar-refractivity contribution in [2.24, 2.45) is 5.92 Å². The van der Waals surface area contributed by atoms with E-state index >= 15 is 0 Å². The topological polar surface area (TPSA) is 72.9 Å². The third-order valence-electron chi connectivity index (χ3n) is 3.58. The van der Waals surface area contributed by atoms with E-state index in [2.05, 4.69) is 0 Å². The molecule has 0 aromatic heterocycles. The van der Waals surface area contributed by atoms with Gasteiger partial charge in [-0.1, -0.05) is 12.1 Å². The molecule has 1 rings (SSSR count). The van der Waals surface area contributed by atoms with E-state index in [0.29, 0.717) is 12.0 Å². The Morgan fingerprint density at radius 2 is 1.65 bits per heavy atom. The molecule has 144 valence electrons. The maximum atomic E-state index is 12.4. The highest BCUT2D eigenvalue weighted by Gasteiger charge is 2.25. The lowest BCUT2D eigenvalue weighted by Gasteiger charge is -2.21. The predicted molar refractivity (Wildman–Crippen MR) is 98.7 cm³/mol. The first-order valence-corrected chi connectivity index (χ1v) is 8.72. The molecule has 0 spiro atoms. The Morgan fingerprint density at radius 3 is 2.12 bits per heavy atom. The average molecular weight is 363 g/mol. The summed E-state index contributed by atoms with van der Waals surface area (Å²) in [5, 5.41) is 0. The second-order valence-corrected chi connectivity index (χ2v) is 7.34. The number of hydrogen-bond acceptors (Lipinski definition) is 5. The number of nitrogens with zero attached hydrogens (tertiary/aromatic N) is 1. The Morgan fingerprint density at radius 1 is 1.08 bits per heavy atom. The van der Waals surface area contributed by atoms with Gasteiger partial charge in [-0.3, -0.25) is 9.59 Å². The van der Waals surface area contributed by atoms with Crippen LogP contribution in [0, 0.1) is 5.92 Å². The first-order valence-electron chi connectivity index (χ1n) is 8.72. The predicted octanol–water partition coefficient (Wildman–Crippen LogP) is 2.84. The van der Waals surface area contributed by atoms with Crippen LogP contribution in [-0.2, 0) is 25.5 Å².